The Balaban J connectivity index is 2.94. The average Bonchev–Trinajstić information content (AvgIpc) is 2.35. The minimum Gasteiger partial charge on any atom is -0.504 e. The number of benzene rings is 1. The van der Waals surface area contributed by atoms with Crippen molar-refractivity contribution in [3.05, 3.63) is 23.8 Å². The van der Waals surface area contributed by atoms with Crippen molar-refractivity contribution in [1.29, 1.82) is 0 Å². The van der Waals surface area contributed by atoms with Crippen LogP contribution in [0.2, 0.25) is 0 Å². The van der Waals surface area contributed by atoms with Gasteiger partial charge >= 0.3 is 5.97 Å². The standard InChI is InChI=1S/C12H15NO5/c1-3-8(12(16)17)13-11(15)7-5-4-6-9(18-2)10(7)14/h4-6,8,14H,3H2,1-2H3,(H,13,15)(H,16,17). The van der Waals surface area contributed by atoms with Gasteiger partial charge < -0.3 is 20.3 Å². The molecule has 0 spiro atoms. The molecule has 98 valence electrons. The molecule has 0 bridgehead atoms. The molecule has 0 radical (unpaired) electrons. The number of amides is 1. The molecule has 1 unspecified atom stereocenters. The van der Waals surface area contributed by atoms with Crippen LogP contribution >= 0.6 is 0 Å². The van der Waals surface area contributed by atoms with E-state index in [9.17, 15) is 14.7 Å². The topological polar surface area (TPSA) is 95.9 Å². The summed E-state index contributed by atoms with van der Waals surface area (Å²) < 4.78 is 4.87. The van der Waals surface area contributed by atoms with Gasteiger partial charge in [-0.3, -0.25) is 4.79 Å². The fraction of sp³-hybridized carbons (Fsp3) is 0.333. The molecule has 0 aliphatic carbocycles. The first-order valence-electron chi connectivity index (χ1n) is 5.40. The Morgan fingerprint density at radius 2 is 2.11 bits per heavy atom. The first kappa shape index (κ1) is 13.8. The minimum absolute atomic E-state index is 0.0194. The molecule has 0 aliphatic heterocycles. The third kappa shape index (κ3) is 2.91. The molecule has 1 aromatic rings. The number of methoxy groups -OCH3 is 1. The Morgan fingerprint density at radius 1 is 1.44 bits per heavy atom. The summed E-state index contributed by atoms with van der Waals surface area (Å²) in [6.07, 6.45) is 0.256. The third-order valence-electron chi connectivity index (χ3n) is 2.48. The molecule has 1 rings (SSSR count). The molecule has 3 N–H and O–H groups in total. The lowest BCUT2D eigenvalue weighted by Crippen LogP contribution is -2.40. The van der Waals surface area contributed by atoms with Gasteiger partial charge in [-0.15, -0.1) is 0 Å². The van der Waals surface area contributed by atoms with E-state index < -0.39 is 17.9 Å². The lowest BCUT2D eigenvalue weighted by atomic mass is 10.1. The van der Waals surface area contributed by atoms with Gasteiger partial charge in [0, 0.05) is 0 Å². The number of hydrogen-bond donors (Lipinski definition) is 3. The van der Waals surface area contributed by atoms with Crippen LogP contribution < -0.4 is 10.1 Å². The predicted octanol–water partition coefficient (Wildman–Crippen LogP) is 0.994. The number of aliphatic carboxylic acids is 1. The van der Waals surface area contributed by atoms with Gasteiger partial charge in [0.2, 0.25) is 0 Å². The van der Waals surface area contributed by atoms with E-state index in [1.165, 1.54) is 25.3 Å². The summed E-state index contributed by atoms with van der Waals surface area (Å²) in [6.45, 7) is 1.64. The summed E-state index contributed by atoms with van der Waals surface area (Å²) >= 11 is 0. The van der Waals surface area contributed by atoms with Crippen molar-refractivity contribution in [2.75, 3.05) is 7.11 Å². The molecule has 6 nitrogen and oxygen atoms in total. The molecule has 0 aliphatic rings. The largest absolute Gasteiger partial charge is 0.504 e. The van der Waals surface area contributed by atoms with Crippen molar-refractivity contribution in [3.63, 3.8) is 0 Å². The van der Waals surface area contributed by atoms with Crippen LogP contribution in [0.4, 0.5) is 0 Å². The number of carbonyl (C=O) groups excluding carboxylic acids is 1. The van der Waals surface area contributed by atoms with E-state index in [0.29, 0.717) is 0 Å². The number of hydrogen-bond acceptors (Lipinski definition) is 4. The maximum Gasteiger partial charge on any atom is 0.326 e. The van der Waals surface area contributed by atoms with Crippen LogP contribution in [0.5, 0.6) is 11.5 Å². The number of nitrogens with one attached hydrogen (secondary N) is 1. The number of rotatable bonds is 5. The Kier molecular flexibility index (Phi) is 4.53. The Labute approximate surface area is 104 Å². The zero-order valence-electron chi connectivity index (χ0n) is 10.1. The van der Waals surface area contributed by atoms with Gasteiger partial charge in [0.05, 0.1) is 12.7 Å². The van der Waals surface area contributed by atoms with E-state index in [1.807, 2.05) is 0 Å². The number of aromatic hydroxyl groups is 1. The normalized spacial score (nSPS) is 11.7. The zero-order chi connectivity index (χ0) is 13.7. The van der Waals surface area contributed by atoms with Crippen molar-refractivity contribution in [3.8, 4) is 11.5 Å². The number of phenolic OH excluding ortho intramolecular Hbond substituents is 1. The number of carboxylic acids is 1. The van der Waals surface area contributed by atoms with Crippen molar-refractivity contribution in [1.82, 2.24) is 5.32 Å². The van der Waals surface area contributed by atoms with Crippen LogP contribution in [0.25, 0.3) is 0 Å². The molecule has 6 heteroatoms. The monoisotopic (exact) mass is 253 g/mol. The number of para-hydroxylation sites is 1. The molecule has 1 amide bonds. The predicted molar refractivity (Wildman–Crippen MR) is 63.8 cm³/mol. The number of carboxylic acid groups (broad SMARTS) is 1. The Bertz CT molecular complexity index is 458. The molecule has 0 fully saturated rings. The highest BCUT2D eigenvalue weighted by Gasteiger charge is 2.21. The molecule has 1 aromatic carbocycles. The lowest BCUT2D eigenvalue weighted by Gasteiger charge is -2.13. The van der Waals surface area contributed by atoms with Crippen molar-refractivity contribution < 1.29 is 24.5 Å². The summed E-state index contributed by atoms with van der Waals surface area (Å²) in [5.74, 6) is -1.92. The summed E-state index contributed by atoms with van der Waals surface area (Å²) in [4.78, 5) is 22.6. The van der Waals surface area contributed by atoms with Crippen molar-refractivity contribution in [2.45, 2.75) is 19.4 Å². The van der Waals surface area contributed by atoms with Crippen LogP contribution in [0.3, 0.4) is 0 Å². The molecule has 0 aromatic heterocycles. The fourth-order valence-corrected chi connectivity index (χ4v) is 1.44. The van der Waals surface area contributed by atoms with Gasteiger partial charge in [-0.25, -0.2) is 4.79 Å². The van der Waals surface area contributed by atoms with E-state index in [2.05, 4.69) is 5.32 Å². The molecule has 0 saturated carbocycles. The molecule has 18 heavy (non-hydrogen) atoms. The first-order valence-corrected chi connectivity index (χ1v) is 5.40. The van der Waals surface area contributed by atoms with Gasteiger partial charge in [0.15, 0.2) is 11.5 Å². The van der Waals surface area contributed by atoms with Gasteiger partial charge in [-0.05, 0) is 18.6 Å². The Hall–Kier alpha value is -2.24. The van der Waals surface area contributed by atoms with E-state index >= 15 is 0 Å². The van der Waals surface area contributed by atoms with Gasteiger partial charge in [0.1, 0.15) is 6.04 Å². The number of ether oxygens (including phenoxy) is 1. The van der Waals surface area contributed by atoms with Crippen LogP contribution in [-0.4, -0.2) is 35.2 Å². The molecule has 1 atom stereocenters. The molecule has 0 saturated heterocycles. The molecular formula is C12H15NO5. The van der Waals surface area contributed by atoms with E-state index in [-0.39, 0.29) is 23.5 Å². The van der Waals surface area contributed by atoms with Crippen LogP contribution in [0, 0.1) is 0 Å². The van der Waals surface area contributed by atoms with Crippen LogP contribution in [0.15, 0.2) is 18.2 Å². The maximum absolute atomic E-state index is 11.8. The average molecular weight is 253 g/mol. The van der Waals surface area contributed by atoms with Crippen molar-refractivity contribution >= 4 is 11.9 Å². The van der Waals surface area contributed by atoms with Gasteiger partial charge in [-0.1, -0.05) is 13.0 Å². The highest BCUT2D eigenvalue weighted by molar-refractivity contribution is 5.99. The van der Waals surface area contributed by atoms with Crippen molar-refractivity contribution in [2.24, 2.45) is 0 Å². The SMILES string of the molecule is CCC(NC(=O)c1cccc(OC)c1O)C(=O)O. The lowest BCUT2D eigenvalue weighted by molar-refractivity contribution is -0.139. The third-order valence-corrected chi connectivity index (χ3v) is 2.48. The highest BCUT2D eigenvalue weighted by Crippen LogP contribution is 2.29. The minimum atomic E-state index is -1.12. The zero-order valence-corrected chi connectivity index (χ0v) is 10.1. The smallest absolute Gasteiger partial charge is 0.326 e. The number of carbonyl (C=O) groups is 2. The summed E-state index contributed by atoms with van der Waals surface area (Å²) in [7, 11) is 1.36. The highest BCUT2D eigenvalue weighted by atomic mass is 16.5. The Morgan fingerprint density at radius 3 is 2.61 bits per heavy atom. The van der Waals surface area contributed by atoms with E-state index in [0.717, 1.165) is 0 Å². The first-order chi connectivity index (χ1) is 8.51. The molecular weight excluding hydrogens is 238 g/mol. The van der Waals surface area contributed by atoms with Crippen LogP contribution in [0.1, 0.15) is 23.7 Å². The fourth-order valence-electron chi connectivity index (χ4n) is 1.44. The maximum atomic E-state index is 11.8. The van der Waals surface area contributed by atoms with Gasteiger partial charge in [-0.2, -0.15) is 0 Å². The summed E-state index contributed by atoms with van der Waals surface area (Å²) in [5, 5.41) is 20.9. The quantitative estimate of drug-likeness (QED) is 0.727. The van der Waals surface area contributed by atoms with Gasteiger partial charge in [0.25, 0.3) is 5.91 Å². The number of phenols is 1. The van der Waals surface area contributed by atoms with E-state index in [4.69, 9.17) is 9.84 Å². The van der Waals surface area contributed by atoms with E-state index in [1.54, 1.807) is 6.92 Å². The summed E-state index contributed by atoms with van der Waals surface area (Å²) in [5.41, 5.74) is -0.0194. The van der Waals surface area contributed by atoms with Crippen LogP contribution in [-0.2, 0) is 4.79 Å². The summed E-state index contributed by atoms with van der Waals surface area (Å²) in [6, 6.07) is 3.44. The second-order valence-corrected chi connectivity index (χ2v) is 3.63. The second-order valence-electron chi connectivity index (χ2n) is 3.63. The molecule has 0 heterocycles. The second kappa shape index (κ2) is 5.90.